The monoisotopic (exact) mass is 2040 g/mol. The zero-order valence-corrected chi connectivity index (χ0v) is 88.7. The van der Waals surface area contributed by atoms with E-state index in [1.807, 2.05) is 24.3 Å². The second-order valence-electron chi connectivity index (χ2n) is 37.8. The van der Waals surface area contributed by atoms with Crippen molar-refractivity contribution in [2.24, 2.45) is 17.2 Å². The zero-order chi connectivity index (χ0) is 107. The molecule has 32 nitrogen and oxygen atoms in total. The topological polar surface area (TPSA) is 543 Å². The molecule has 3 aromatic carbocycles. The summed E-state index contributed by atoms with van der Waals surface area (Å²) in [5, 5.41) is 87.1. The Kier molecular flexibility index (Phi) is 81.7. The van der Waals surface area contributed by atoms with Gasteiger partial charge in [0.2, 0.25) is 23.6 Å². The van der Waals surface area contributed by atoms with Gasteiger partial charge in [-0.25, -0.2) is 0 Å². The molecule has 0 aromatic heterocycles. The van der Waals surface area contributed by atoms with Crippen LogP contribution in [0.15, 0.2) is 121 Å². The van der Waals surface area contributed by atoms with E-state index in [1.165, 1.54) is 0 Å². The van der Waals surface area contributed by atoms with Crippen LogP contribution in [0.1, 0.15) is 379 Å². The molecule has 0 spiro atoms. The number of hydrogen-bond donors (Lipinski definition) is 17. The van der Waals surface area contributed by atoms with Gasteiger partial charge >= 0.3 is 41.8 Å². The molecule has 4 amide bonds. The van der Waals surface area contributed by atoms with Gasteiger partial charge in [-0.15, -0.1) is 0 Å². The van der Waals surface area contributed by atoms with Crippen LogP contribution in [0, 0.1) is 0 Å². The lowest BCUT2D eigenvalue weighted by atomic mass is 10.0. The molecule has 0 aliphatic rings. The van der Waals surface area contributed by atoms with Crippen molar-refractivity contribution >= 4 is 82.5 Å². The summed E-state index contributed by atoms with van der Waals surface area (Å²) in [6.07, 6.45) is 54.0. The van der Waals surface area contributed by atoms with Gasteiger partial charge in [-0.1, -0.05) is 255 Å². The molecule has 0 bridgehead atoms. The zero-order valence-electron chi connectivity index (χ0n) is 88.7. The summed E-state index contributed by atoms with van der Waals surface area (Å²) in [6.45, 7) is 13.5. The van der Waals surface area contributed by atoms with E-state index in [4.69, 9.17) is 57.2 Å². The number of amides is 4. The fourth-order valence-corrected chi connectivity index (χ4v) is 15.7. The number of aliphatic hydroxyl groups excluding tert-OH is 4. The number of ether oxygens (including phenoxy) is 4. The molecule has 0 aliphatic heterocycles. The first-order valence-corrected chi connectivity index (χ1v) is 54.5. The molecule has 0 heterocycles. The molecule has 11 unspecified atom stereocenters. The highest BCUT2D eigenvalue weighted by Gasteiger charge is 2.27. The molecule has 32 heteroatoms. The van der Waals surface area contributed by atoms with Crippen molar-refractivity contribution in [1.29, 1.82) is 0 Å². The summed E-state index contributed by atoms with van der Waals surface area (Å²) in [5.74, 6) is -4.54. The number of carboxylic acids is 3. The second-order valence-corrected chi connectivity index (χ2v) is 37.8. The Bertz CT molecular complexity index is 3800. The predicted molar refractivity (Wildman–Crippen MR) is 576 cm³/mol. The third kappa shape index (κ3) is 75.3. The van der Waals surface area contributed by atoms with Gasteiger partial charge in [0.1, 0.15) is 55.6 Å². The summed E-state index contributed by atoms with van der Waals surface area (Å²) in [4.78, 5) is 130. The number of hydrogen-bond acceptors (Lipinski definition) is 25. The quantitative estimate of drug-likeness (QED) is 0.00820. The maximum atomic E-state index is 12.7. The van der Waals surface area contributed by atoms with Crippen LogP contribution in [-0.2, 0) is 90.9 Å². The van der Waals surface area contributed by atoms with E-state index in [2.05, 4.69) is 83.9 Å². The van der Waals surface area contributed by atoms with Crippen LogP contribution in [0.5, 0.6) is 0 Å². The molecular formula is C113H188N10O22. The summed E-state index contributed by atoms with van der Waals surface area (Å²) in [6, 6.07) is 18.3. The molecule has 0 saturated heterocycles. The number of benzene rings is 3. The van der Waals surface area contributed by atoms with Gasteiger partial charge in [0.15, 0.2) is 0 Å². The molecule has 0 radical (unpaired) electrons. The predicted octanol–water partition coefficient (Wildman–Crippen LogP) is 17.7. The fourth-order valence-electron chi connectivity index (χ4n) is 15.7. The Morgan fingerprint density at radius 3 is 0.738 bits per heavy atom. The minimum absolute atomic E-state index is 0.0136. The number of nitrogen functional groups attached to an aromatic ring is 1. The number of carboxylic acid groups (broad SMARTS) is 3. The summed E-state index contributed by atoms with van der Waals surface area (Å²) < 4.78 is 22.3. The average molecular weight is 2040 g/mol. The largest absolute Gasteiger partial charge is 0.480 e. The first-order valence-electron chi connectivity index (χ1n) is 54.5. The van der Waals surface area contributed by atoms with Crippen molar-refractivity contribution < 1.29 is 107 Å². The van der Waals surface area contributed by atoms with Crippen molar-refractivity contribution in [3.63, 3.8) is 0 Å². The van der Waals surface area contributed by atoms with Crippen molar-refractivity contribution in [1.82, 2.24) is 21.3 Å². The Labute approximate surface area is 866 Å². The van der Waals surface area contributed by atoms with E-state index in [0.29, 0.717) is 140 Å². The number of carbonyl (C=O) groups excluding carboxylic acids is 8. The molecule has 0 saturated carbocycles. The van der Waals surface area contributed by atoms with Crippen molar-refractivity contribution in [3.8, 4) is 0 Å². The fraction of sp³-hybridized carbons (Fsp3) is 0.673. The number of aliphatic carboxylic acids is 3. The molecule has 145 heavy (non-hydrogen) atoms. The van der Waals surface area contributed by atoms with E-state index < -0.39 is 96.8 Å². The summed E-state index contributed by atoms with van der Waals surface area (Å²) in [7, 11) is 0. The molecule has 822 valence electrons. The van der Waals surface area contributed by atoms with Crippen LogP contribution in [0.25, 0.3) is 0 Å². The van der Waals surface area contributed by atoms with Gasteiger partial charge in [0, 0.05) is 81.8 Å². The van der Waals surface area contributed by atoms with Gasteiger partial charge in [-0.2, -0.15) is 0 Å². The first-order chi connectivity index (χ1) is 69.9. The Morgan fingerprint density at radius 1 is 0.290 bits per heavy atom. The highest BCUT2D eigenvalue weighted by Crippen LogP contribution is 2.24. The van der Waals surface area contributed by atoms with E-state index in [9.17, 15) is 73.2 Å². The Hall–Kier alpha value is -10.1. The van der Waals surface area contributed by atoms with E-state index in [1.54, 1.807) is 86.6 Å². The van der Waals surface area contributed by atoms with Crippen LogP contribution in [0.4, 0.5) is 17.1 Å². The van der Waals surface area contributed by atoms with E-state index in [-0.39, 0.29) is 61.5 Å². The lowest BCUT2D eigenvalue weighted by molar-refractivity contribution is -0.155. The maximum Gasteiger partial charge on any atom is 0.325 e. The first kappa shape index (κ1) is 133. The number of allylic oxidation sites excluding steroid dienone is 4. The van der Waals surface area contributed by atoms with Crippen LogP contribution in [0.2, 0.25) is 0 Å². The minimum atomic E-state index is -1.06. The maximum absolute atomic E-state index is 12.7. The number of nitrogens with one attached hydrogen (secondary N) is 6. The summed E-state index contributed by atoms with van der Waals surface area (Å²) in [5.41, 5.74) is 26.5. The number of aliphatic hydroxyl groups is 4. The number of esters is 4. The molecule has 0 aliphatic carbocycles. The number of carbonyl (C=O) groups is 11. The average Bonchev–Trinajstić information content (AvgIpc) is 0.884. The van der Waals surface area contributed by atoms with Gasteiger partial charge in [0.25, 0.3) is 0 Å². The van der Waals surface area contributed by atoms with E-state index >= 15 is 0 Å². The van der Waals surface area contributed by atoms with Crippen LogP contribution in [-0.4, -0.2) is 207 Å². The third-order valence-electron chi connectivity index (χ3n) is 24.7. The Morgan fingerprint density at radius 2 is 0.510 bits per heavy atom. The van der Waals surface area contributed by atoms with E-state index in [0.717, 1.165) is 248 Å². The molecule has 0 fully saturated rings. The molecule has 3 aromatic rings. The van der Waals surface area contributed by atoms with Gasteiger partial charge < -0.3 is 110 Å². The number of nitrogens with two attached hydrogens (primary N) is 4. The molecular weight excluding hydrogens is 1850 g/mol. The number of anilines is 3. The Balaban J connectivity index is 0.00000135. The normalized spacial score (nSPS) is 13.7. The van der Waals surface area contributed by atoms with Crippen LogP contribution < -0.4 is 54.8 Å². The molecule has 11 atom stereocenters. The van der Waals surface area contributed by atoms with Crippen molar-refractivity contribution in [2.75, 3.05) is 55.6 Å². The highest BCUT2D eigenvalue weighted by atomic mass is 16.6. The van der Waals surface area contributed by atoms with Crippen LogP contribution in [0.3, 0.4) is 0 Å². The smallest absolute Gasteiger partial charge is 0.325 e. The van der Waals surface area contributed by atoms with Gasteiger partial charge in [0.05, 0.1) is 24.4 Å². The minimum Gasteiger partial charge on any atom is -0.480 e. The van der Waals surface area contributed by atoms with Crippen molar-refractivity contribution in [3.05, 3.63) is 138 Å². The van der Waals surface area contributed by atoms with Crippen molar-refractivity contribution in [2.45, 2.75) is 449 Å². The lowest BCUT2D eigenvalue weighted by Crippen LogP contribution is -2.34. The highest BCUT2D eigenvalue weighted by molar-refractivity contribution is 5.79. The lowest BCUT2D eigenvalue weighted by Gasteiger charge is -2.23. The van der Waals surface area contributed by atoms with Gasteiger partial charge in [-0.05, 0) is 226 Å². The standard InChI is InChI=1S/C60H96N6O12.C44H80N2O8.C9H12N2O2/c1-3-5-19-27-53(77-57(71)43-65-47-35-31-45(32-36-47)41-49(61)59(73)74)51(67)25-21-15-11-7-9-13-17-23-29-55(69)63-39-40-64-56(70)30-24-18-14-10-8-12-16-22-26-52(68)54(28-20-6-4-2)78-58(72)44-66-48-37-33-46(34-38-48)42-50(62)60(75)76;1-5-9-23-31-39(53-43(51)7-3)37(47)29-25-19-15-11-13-17-21-27-33-41(49)45-35-36-46-42(50)34-28-22-18-14-12-16-20-26-30-38(48)40(32-24-10-6-2)54-44(52)8-4;10-7-3-1-6(2-4-7)5-8(11)9(12)13/h15-16,21-22,31-38,49-54,65-68H,3-14,17-20,23-30,39-44,61-62H2,1-2H3,(H,63,69)(H,64,70)(H,73,74)(H,75,76);19-20,25-26,37-40,47-48H,5-18,21-24,27-36H2,1-4H3,(H,45,49)(H,46,50);1-4,8H,5,10-11H2,(H,12,13). The molecule has 3 rings (SSSR count). The number of unbranched alkanes of at least 4 members (excludes halogenated alkanes) is 28. The number of rotatable bonds is 87. The third-order valence-corrected chi connectivity index (χ3v) is 24.7. The summed E-state index contributed by atoms with van der Waals surface area (Å²) >= 11 is 0. The molecule has 21 N–H and O–H groups in total. The SMILES string of the molecule is CCCCCC(OC(=O)CC)C(O)CC=CCCCCCCCC(=O)NCCNC(=O)CCCCCCCC=CCC(O)C(CCCCC)OC(=O)CC.CCCCCC(OC(=O)CNc1ccc(CC(N)C(=O)O)cc1)C(O)CC=CCCCCCCCC(=O)NCCNC(=O)CCCCCCCC=CCC(O)C(CCCCC)OC(=O)CNc1ccc(CC(N)C(=O)O)cc1.Nc1ccc(CC(N)C(=O)O)cc1. The second kappa shape index (κ2) is 89.1. The van der Waals surface area contributed by atoms with Crippen LogP contribution >= 0.6 is 0 Å². The van der Waals surface area contributed by atoms with Gasteiger partial charge in [-0.3, -0.25) is 52.7 Å².